The van der Waals surface area contributed by atoms with Gasteiger partial charge in [-0.3, -0.25) is 4.79 Å². The van der Waals surface area contributed by atoms with Crippen LogP contribution in [0.15, 0.2) is 12.1 Å². The number of nitrogens with two attached hydrogens (primary N) is 1. The molecule has 4 nitrogen and oxygen atoms in total. The van der Waals surface area contributed by atoms with Crippen LogP contribution >= 0.6 is 0 Å². The predicted octanol–water partition coefficient (Wildman–Crippen LogP) is 1.41. The van der Waals surface area contributed by atoms with Gasteiger partial charge in [0, 0.05) is 13.7 Å². The van der Waals surface area contributed by atoms with E-state index in [0.717, 1.165) is 12.1 Å². The Hall–Kier alpha value is -1.60. The van der Waals surface area contributed by atoms with E-state index in [1.165, 1.54) is 7.11 Å². The van der Waals surface area contributed by atoms with Crippen LogP contribution in [-0.2, 0) is 9.53 Å². The summed E-state index contributed by atoms with van der Waals surface area (Å²) in [6.07, 6.45) is -0.621. The summed E-state index contributed by atoms with van der Waals surface area (Å²) in [6, 6.07) is 1.67. The smallest absolute Gasteiger partial charge is 0.227 e. The van der Waals surface area contributed by atoms with Crippen molar-refractivity contribution in [2.24, 2.45) is 5.73 Å². The minimum atomic E-state index is -1.63. The molecule has 100 valence electrons. The zero-order valence-electron chi connectivity index (χ0n) is 9.67. The summed E-state index contributed by atoms with van der Waals surface area (Å²) in [5.41, 5.74) is 4.88. The first kappa shape index (κ1) is 14.5. The molecule has 0 aromatic heterocycles. The van der Waals surface area contributed by atoms with Gasteiger partial charge in [-0.05, 0) is 12.1 Å². The van der Waals surface area contributed by atoms with Crippen molar-refractivity contribution in [3.05, 3.63) is 29.6 Å². The molecule has 0 aliphatic carbocycles. The Morgan fingerprint density at radius 3 is 2.61 bits per heavy atom. The maximum Gasteiger partial charge on any atom is 0.227 e. The highest BCUT2D eigenvalue weighted by Gasteiger charge is 2.17. The van der Waals surface area contributed by atoms with Crippen LogP contribution in [0, 0.1) is 17.5 Å². The Bertz CT molecular complexity index is 437. The van der Waals surface area contributed by atoms with Gasteiger partial charge in [-0.15, -0.1) is 0 Å². The fourth-order valence-corrected chi connectivity index (χ4v) is 1.29. The van der Waals surface area contributed by atoms with Crippen LogP contribution < -0.4 is 11.1 Å². The van der Waals surface area contributed by atoms with E-state index in [1.807, 2.05) is 0 Å². The minimum absolute atomic E-state index is 0.106. The Labute approximate surface area is 102 Å². The van der Waals surface area contributed by atoms with E-state index in [2.05, 4.69) is 5.32 Å². The molecule has 0 saturated carbocycles. The summed E-state index contributed by atoms with van der Waals surface area (Å²) in [5, 5.41) is 2.12. The number of halogens is 3. The fraction of sp³-hybridized carbons (Fsp3) is 0.364. The van der Waals surface area contributed by atoms with E-state index in [4.69, 9.17) is 10.5 Å². The lowest BCUT2D eigenvalue weighted by Gasteiger charge is -2.13. The lowest BCUT2D eigenvalue weighted by atomic mass is 10.2. The lowest BCUT2D eigenvalue weighted by molar-refractivity contribution is -0.118. The Kier molecular flexibility index (Phi) is 5.11. The molecule has 1 aromatic carbocycles. The number of carbonyl (C=O) groups is 1. The zero-order chi connectivity index (χ0) is 13.7. The summed E-state index contributed by atoms with van der Waals surface area (Å²) in [5.74, 6) is -4.99. The molecule has 18 heavy (non-hydrogen) atoms. The molecular weight excluding hydrogens is 249 g/mol. The van der Waals surface area contributed by atoms with Crippen LogP contribution in [0.4, 0.5) is 18.9 Å². The normalized spacial score (nSPS) is 12.3. The summed E-state index contributed by atoms with van der Waals surface area (Å²) >= 11 is 0. The van der Waals surface area contributed by atoms with E-state index < -0.39 is 35.2 Å². The zero-order valence-corrected chi connectivity index (χ0v) is 9.67. The molecule has 7 heteroatoms. The maximum absolute atomic E-state index is 13.2. The van der Waals surface area contributed by atoms with Crippen LogP contribution in [0.5, 0.6) is 0 Å². The van der Waals surface area contributed by atoms with Crippen molar-refractivity contribution in [3.63, 3.8) is 0 Å². The number of nitrogens with one attached hydrogen (secondary N) is 1. The Morgan fingerprint density at radius 1 is 1.39 bits per heavy atom. The lowest BCUT2D eigenvalue weighted by Crippen LogP contribution is -2.28. The minimum Gasteiger partial charge on any atom is -0.380 e. The molecule has 1 amide bonds. The van der Waals surface area contributed by atoms with Gasteiger partial charge in [-0.2, -0.15) is 0 Å². The number of anilines is 1. The SMILES string of the molecule is COC(CN)CC(=O)Nc1ccc(F)c(F)c1F. The number of hydrogen-bond donors (Lipinski definition) is 2. The second-order valence-electron chi connectivity index (χ2n) is 3.57. The van der Waals surface area contributed by atoms with Gasteiger partial charge in [-0.25, -0.2) is 13.2 Å². The highest BCUT2D eigenvalue weighted by Crippen LogP contribution is 2.19. The number of ether oxygens (including phenoxy) is 1. The van der Waals surface area contributed by atoms with E-state index in [-0.39, 0.29) is 13.0 Å². The van der Waals surface area contributed by atoms with Crippen molar-refractivity contribution >= 4 is 11.6 Å². The second kappa shape index (κ2) is 6.36. The van der Waals surface area contributed by atoms with Crippen LogP contribution in [0.25, 0.3) is 0 Å². The summed E-state index contributed by atoms with van der Waals surface area (Å²) < 4.78 is 43.6. The van der Waals surface area contributed by atoms with Gasteiger partial charge in [0.1, 0.15) is 0 Å². The molecule has 0 aliphatic rings. The molecule has 0 radical (unpaired) electrons. The number of benzene rings is 1. The predicted molar refractivity (Wildman–Crippen MR) is 59.4 cm³/mol. The molecule has 1 aromatic rings. The molecule has 0 fully saturated rings. The molecule has 1 rings (SSSR count). The molecule has 1 atom stereocenters. The molecule has 3 N–H and O–H groups in total. The number of carbonyl (C=O) groups excluding carboxylic acids is 1. The third-order valence-electron chi connectivity index (χ3n) is 2.32. The van der Waals surface area contributed by atoms with Crippen molar-refractivity contribution in [3.8, 4) is 0 Å². The van der Waals surface area contributed by atoms with Crippen molar-refractivity contribution in [1.82, 2.24) is 0 Å². The van der Waals surface area contributed by atoms with Gasteiger partial charge in [-0.1, -0.05) is 0 Å². The van der Waals surface area contributed by atoms with E-state index in [0.29, 0.717) is 0 Å². The average molecular weight is 262 g/mol. The van der Waals surface area contributed by atoms with E-state index in [9.17, 15) is 18.0 Å². The van der Waals surface area contributed by atoms with Crippen molar-refractivity contribution in [2.75, 3.05) is 19.0 Å². The van der Waals surface area contributed by atoms with Crippen molar-refractivity contribution < 1.29 is 22.7 Å². The third kappa shape index (κ3) is 3.44. The van der Waals surface area contributed by atoms with Gasteiger partial charge in [0.25, 0.3) is 0 Å². The van der Waals surface area contributed by atoms with Gasteiger partial charge < -0.3 is 15.8 Å². The molecule has 1 unspecified atom stereocenters. The number of methoxy groups -OCH3 is 1. The molecule has 0 saturated heterocycles. The van der Waals surface area contributed by atoms with Gasteiger partial charge in [0.2, 0.25) is 5.91 Å². The van der Waals surface area contributed by atoms with Crippen LogP contribution in [0.2, 0.25) is 0 Å². The van der Waals surface area contributed by atoms with E-state index >= 15 is 0 Å². The average Bonchev–Trinajstić information content (AvgIpc) is 2.36. The summed E-state index contributed by atoms with van der Waals surface area (Å²) in [6.45, 7) is 0.115. The van der Waals surface area contributed by atoms with Crippen LogP contribution in [0.3, 0.4) is 0 Å². The number of amides is 1. The highest BCUT2D eigenvalue weighted by atomic mass is 19.2. The quantitative estimate of drug-likeness (QED) is 0.788. The van der Waals surface area contributed by atoms with Crippen molar-refractivity contribution in [1.29, 1.82) is 0 Å². The van der Waals surface area contributed by atoms with Crippen molar-refractivity contribution in [2.45, 2.75) is 12.5 Å². The number of hydrogen-bond acceptors (Lipinski definition) is 3. The first-order chi connectivity index (χ1) is 8.49. The maximum atomic E-state index is 13.2. The highest BCUT2D eigenvalue weighted by molar-refractivity contribution is 5.91. The monoisotopic (exact) mass is 262 g/mol. The Balaban J connectivity index is 2.73. The number of rotatable bonds is 5. The van der Waals surface area contributed by atoms with E-state index in [1.54, 1.807) is 0 Å². The second-order valence-corrected chi connectivity index (χ2v) is 3.57. The summed E-state index contributed by atoms with van der Waals surface area (Å²) in [7, 11) is 1.38. The van der Waals surface area contributed by atoms with Crippen LogP contribution in [0.1, 0.15) is 6.42 Å². The molecule has 0 bridgehead atoms. The first-order valence-electron chi connectivity index (χ1n) is 5.15. The standard InChI is InChI=1S/C11H13F3N2O2/c1-18-6(5-15)4-9(17)16-8-3-2-7(12)10(13)11(8)14/h2-3,6H,4-5,15H2,1H3,(H,16,17). The third-order valence-corrected chi connectivity index (χ3v) is 2.32. The topological polar surface area (TPSA) is 64.3 Å². The molecular formula is C11H13F3N2O2. The molecule has 0 aliphatic heterocycles. The summed E-state index contributed by atoms with van der Waals surface area (Å²) in [4.78, 5) is 11.5. The largest absolute Gasteiger partial charge is 0.380 e. The first-order valence-corrected chi connectivity index (χ1v) is 5.15. The Morgan fingerprint density at radius 2 is 2.06 bits per heavy atom. The van der Waals surface area contributed by atoms with Gasteiger partial charge in [0.05, 0.1) is 18.2 Å². The molecule has 0 spiro atoms. The van der Waals surface area contributed by atoms with Gasteiger partial charge >= 0.3 is 0 Å². The molecule has 0 heterocycles. The van der Waals surface area contributed by atoms with Gasteiger partial charge in [0.15, 0.2) is 17.5 Å². The van der Waals surface area contributed by atoms with Crippen LogP contribution in [-0.4, -0.2) is 25.7 Å². The fourth-order valence-electron chi connectivity index (χ4n) is 1.29.